The van der Waals surface area contributed by atoms with Crippen molar-refractivity contribution in [3.8, 4) is 5.75 Å². The average molecular weight is 343 g/mol. The van der Waals surface area contributed by atoms with Crippen molar-refractivity contribution in [2.75, 3.05) is 25.5 Å². The van der Waals surface area contributed by atoms with Gasteiger partial charge in [-0.15, -0.1) is 0 Å². The molecule has 2 aromatic rings. The summed E-state index contributed by atoms with van der Waals surface area (Å²) in [6.07, 6.45) is 2.42. The third kappa shape index (κ3) is 4.13. The van der Waals surface area contributed by atoms with Gasteiger partial charge in [-0.1, -0.05) is 0 Å². The molecule has 0 bridgehead atoms. The van der Waals surface area contributed by atoms with Gasteiger partial charge in [-0.2, -0.15) is 0 Å². The highest BCUT2D eigenvalue weighted by molar-refractivity contribution is 5.92. The number of hydrogen-bond donors (Lipinski definition) is 1. The fraction of sp³-hybridized carbons (Fsp3) is 0.474. The number of benzene rings is 1. The molecule has 1 aliphatic heterocycles. The van der Waals surface area contributed by atoms with Crippen LogP contribution in [0, 0.1) is 0 Å². The van der Waals surface area contributed by atoms with Crippen LogP contribution in [-0.2, 0) is 4.74 Å². The molecule has 1 amide bonds. The molecule has 1 N–H and O–H groups in total. The summed E-state index contributed by atoms with van der Waals surface area (Å²) < 4.78 is 10.8. The number of likely N-dealkylation sites (tertiary alicyclic amines) is 1. The lowest BCUT2D eigenvalue weighted by Crippen LogP contribution is -2.36. The van der Waals surface area contributed by atoms with E-state index in [0.717, 1.165) is 28.8 Å². The molecule has 1 unspecified atom stereocenters. The Balaban J connectivity index is 1.71. The molecule has 0 radical (unpaired) electrons. The lowest BCUT2D eigenvalue weighted by Gasteiger charge is -2.24. The predicted molar refractivity (Wildman–Crippen MR) is 98.1 cm³/mol. The van der Waals surface area contributed by atoms with Gasteiger partial charge >= 0.3 is 6.09 Å². The monoisotopic (exact) mass is 343 g/mol. The fourth-order valence-corrected chi connectivity index (χ4v) is 2.97. The molecular weight excluding hydrogens is 318 g/mol. The van der Waals surface area contributed by atoms with Crippen LogP contribution in [0.2, 0.25) is 0 Å². The zero-order valence-electron chi connectivity index (χ0n) is 15.2. The van der Waals surface area contributed by atoms with Crippen LogP contribution in [0.4, 0.5) is 10.5 Å². The van der Waals surface area contributed by atoms with Crippen molar-refractivity contribution in [3.63, 3.8) is 0 Å². The van der Waals surface area contributed by atoms with Gasteiger partial charge in [0.1, 0.15) is 11.4 Å². The number of aromatic nitrogens is 1. The molecule has 0 spiro atoms. The first-order valence-electron chi connectivity index (χ1n) is 8.53. The van der Waals surface area contributed by atoms with E-state index in [4.69, 9.17) is 9.47 Å². The quantitative estimate of drug-likeness (QED) is 0.921. The second-order valence-corrected chi connectivity index (χ2v) is 7.30. The highest BCUT2D eigenvalue weighted by Crippen LogP contribution is 2.27. The van der Waals surface area contributed by atoms with E-state index in [9.17, 15) is 4.79 Å². The van der Waals surface area contributed by atoms with Crippen molar-refractivity contribution in [2.24, 2.45) is 0 Å². The van der Waals surface area contributed by atoms with Crippen LogP contribution in [0.25, 0.3) is 10.9 Å². The van der Waals surface area contributed by atoms with E-state index >= 15 is 0 Å². The van der Waals surface area contributed by atoms with Crippen molar-refractivity contribution in [3.05, 3.63) is 30.5 Å². The number of nitrogens with zero attached hydrogens (tertiary/aromatic N) is 2. The molecule has 6 heteroatoms. The number of carbonyl (C=O) groups excluding carboxylic acids is 1. The van der Waals surface area contributed by atoms with Gasteiger partial charge in [-0.3, -0.25) is 4.98 Å². The second kappa shape index (κ2) is 6.78. The first-order valence-corrected chi connectivity index (χ1v) is 8.53. The smallest absolute Gasteiger partial charge is 0.410 e. The number of pyridine rings is 1. The van der Waals surface area contributed by atoms with Gasteiger partial charge in [-0.05, 0) is 51.5 Å². The summed E-state index contributed by atoms with van der Waals surface area (Å²) >= 11 is 0. The van der Waals surface area contributed by atoms with Gasteiger partial charge in [0.25, 0.3) is 0 Å². The van der Waals surface area contributed by atoms with Crippen molar-refractivity contribution >= 4 is 22.7 Å². The summed E-state index contributed by atoms with van der Waals surface area (Å²) in [7, 11) is 1.65. The van der Waals surface area contributed by atoms with Crippen LogP contribution in [0.3, 0.4) is 0 Å². The normalized spacial score (nSPS) is 17.6. The van der Waals surface area contributed by atoms with Gasteiger partial charge in [0.05, 0.1) is 12.6 Å². The minimum absolute atomic E-state index is 0.185. The van der Waals surface area contributed by atoms with Gasteiger partial charge < -0.3 is 19.7 Å². The number of carbonyl (C=O) groups is 1. The second-order valence-electron chi connectivity index (χ2n) is 7.30. The first kappa shape index (κ1) is 17.3. The van der Waals surface area contributed by atoms with Crippen LogP contribution in [0.5, 0.6) is 5.75 Å². The van der Waals surface area contributed by atoms with Gasteiger partial charge in [0, 0.05) is 36.4 Å². The number of nitrogens with one attached hydrogen (secondary N) is 1. The molecule has 1 aliphatic rings. The van der Waals surface area contributed by atoms with Gasteiger partial charge in [-0.25, -0.2) is 4.79 Å². The molecule has 0 aliphatic carbocycles. The van der Waals surface area contributed by atoms with E-state index in [0.29, 0.717) is 13.1 Å². The van der Waals surface area contributed by atoms with Crippen LogP contribution in [-0.4, -0.2) is 47.8 Å². The maximum absolute atomic E-state index is 12.2. The number of anilines is 1. The molecule has 1 fully saturated rings. The van der Waals surface area contributed by atoms with E-state index < -0.39 is 5.60 Å². The largest absolute Gasteiger partial charge is 0.497 e. The Kier molecular flexibility index (Phi) is 4.70. The zero-order chi connectivity index (χ0) is 18.0. The van der Waals surface area contributed by atoms with Gasteiger partial charge in [0.2, 0.25) is 0 Å². The van der Waals surface area contributed by atoms with Crippen molar-refractivity contribution < 1.29 is 14.3 Å². The minimum Gasteiger partial charge on any atom is -0.497 e. The predicted octanol–water partition coefficient (Wildman–Crippen LogP) is 3.66. The van der Waals surface area contributed by atoms with Crippen LogP contribution >= 0.6 is 0 Å². The molecule has 2 heterocycles. The molecule has 1 atom stereocenters. The van der Waals surface area contributed by atoms with Crippen LogP contribution in [0.1, 0.15) is 27.2 Å². The van der Waals surface area contributed by atoms with Crippen molar-refractivity contribution in [1.29, 1.82) is 0 Å². The van der Waals surface area contributed by atoms with Crippen molar-refractivity contribution in [1.82, 2.24) is 9.88 Å². The van der Waals surface area contributed by atoms with E-state index in [2.05, 4.69) is 10.3 Å². The van der Waals surface area contributed by atoms with Crippen LogP contribution in [0.15, 0.2) is 30.5 Å². The third-order valence-electron chi connectivity index (χ3n) is 4.15. The van der Waals surface area contributed by atoms with E-state index in [1.165, 1.54) is 0 Å². The molecule has 0 saturated carbocycles. The number of amides is 1. The van der Waals surface area contributed by atoms with Crippen LogP contribution < -0.4 is 10.1 Å². The van der Waals surface area contributed by atoms with Gasteiger partial charge in [0.15, 0.2) is 0 Å². The fourth-order valence-electron chi connectivity index (χ4n) is 2.97. The number of rotatable bonds is 3. The zero-order valence-corrected chi connectivity index (χ0v) is 15.2. The lowest BCUT2D eigenvalue weighted by atomic mass is 10.1. The molecule has 3 rings (SSSR count). The lowest BCUT2D eigenvalue weighted by molar-refractivity contribution is 0.0293. The SMILES string of the molecule is COc1ccc2nccc(NC3CCN(C(=O)OC(C)(C)C)C3)c2c1. The molecule has 1 saturated heterocycles. The molecule has 6 nitrogen and oxygen atoms in total. The molecule has 25 heavy (non-hydrogen) atoms. The maximum Gasteiger partial charge on any atom is 0.410 e. The molecule has 134 valence electrons. The highest BCUT2D eigenvalue weighted by Gasteiger charge is 2.29. The van der Waals surface area contributed by atoms with Crippen molar-refractivity contribution in [2.45, 2.75) is 38.8 Å². The number of methoxy groups -OCH3 is 1. The number of fused-ring (bicyclic) bond motifs is 1. The Hall–Kier alpha value is -2.50. The molecule has 1 aromatic carbocycles. The number of hydrogen-bond acceptors (Lipinski definition) is 5. The highest BCUT2D eigenvalue weighted by atomic mass is 16.6. The maximum atomic E-state index is 12.2. The first-order chi connectivity index (χ1) is 11.9. The standard InChI is InChI=1S/C19H25N3O3/c1-19(2,3)25-18(23)22-10-8-13(12-22)21-17-7-9-20-16-6-5-14(24-4)11-15(16)17/h5-7,9,11,13H,8,10,12H2,1-4H3,(H,20,21). The third-order valence-corrected chi connectivity index (χ3v) is 4.15. The van der Waals surface area contributed by atoms with E-state index in [1.54, 1.807) is 18.2 Å². The molecule has 1 aromatic heterocycles. The summed E-state index contributed by atoms with van der Waals surface area (Å²) in [5.41, 5.74) is 1.44. The molecular formula is C19H25N3O3. The Morgan fingerprint density at radius 3 is 2.84 bits per heavy atom. The summed E-state index contributed by atoms with van der Waals surface area (Å²) in [6, 6.07) is 7.97. The minimum atomic E-state index is -0.472. The summed E-state index contributed by atoms with van der Waals surface area (Å²) in [6.45, 7) is 6.97. The Labute approximate surface area is 148 Å². The van der Waals surface area contributed by atoms with E-state index in [-0.39, 0.29) is 12.1 Å². The number of ether oxygens (including phenoxy) is 2. The summed E-state index contributed by atoms with van der Waals surface area (Å²) in [5.74, 6) is 0.797. The summed E-state index contributed by atoms with van der Waals surface area (Å²) in [5, 5.41) is 4.55. The average Bonchev–Trinajstić information content (AvgIpc) is 3.02. The topological polar surface area (TPSA) is 63.7 Å². The summed E-state index contributed by atoms with van der Waals surface area (Å²) in [4.78, 5) is 18.4. The Morgan fingerprint density at radius 2 is 2.12 bits per heavy atom. The Bertz CT molecular complexity index is 770. The Morgan fingerprint density at radius 1 is 1.32 bits per heavy atom. The van der Waals surface area contributed by atoms with E-state index in [1.807, 2.05) is 45.0 Å².